The topological polar surface area (TPSA) is 57.2 Å². The number of benzene rings is 2. The van der Waals surface area contributed by atoms with Crippen LogP contribution in [-0.2, 0) is 32.2 Å². The normalized spacial score (nSPS) is 11.9. The number of aliphatic hydroxyl groups excluding tert-OH is 1. The first-order valence-electron chi connectivity index (χ1n) is 12.6. The lowest BCUT2D eigenvalue weighted by Crippen LogP contribution is -2.11. The predicted molar refractivity (Wildman–Crippen MR) is 153 cm³/mol. The fourth-order valence-electron chi connectivity index (χ4n) is 3.14. The second-order valence-electron chi connectivity index (χ2n) is 8.53. The van der Waals surface area contributed by atoms with Crippen molar-refractivity contribution >= 4 is 0 Å². The zero-order valence-corrected chi connectivity index (χ0v) is 21.9. The summed E-state index contributed by atoms with van der Waals surface area (Å²) in [4.78, 5) is 0. The molecule has 0 aliphatic rings. The van der Waals surface area contributed by atoms with Crippen LogP contribution in [0.4, 0.5) is 0 Å². The van der Waals surface area contributed by atoms with Gasteiger partial charge in [0.15, 0.2) is 0 Å². The van der Waals surface area contributed by atoms with Crippen molar-refractivity contribution in [3.8, 4) is 0 Å². The molecular weight excluding hydrogens is 452 g/mol. The van der Waals surface area contributed by atoms with Crippen molar-refractivity contribution < 1.29 is 24.1 Å². The molecule has 0 amide bonds. The SMILES string of the molecule is C.C.CCC(C)c1ccc(CO)cc1.CCC(C)c1ccc(COCCOCCOCCOC)cc1. The molecule has 0 aromatic heterocycles. The molecule has 0 aliphatic heterocycles. The van der Waals surface area contributed by atoms with Crippen LogP contribution >= 0.6 is 0 Å². The molecule has 0 heterocycles. The van der Waals surface area contributed by atoms with E-state index in [9.17, 15) is 0 Å². The first-order valence-corrected chi connectivity index (χ1v) is 12.6. The third kappa shape index (κ3) is 16.1. The summed E-state index contributed by atoms with van der Waals surface area (Å²) in [6, 6.07) is 16.8. The van der Waals surface area contributed by atoms with E-state index in [1.165, 1.54) is 29.5 Å². The Morgan fingerprint density at radius 3 is 1.39 bits per heavy atom. The van der Waals surface area contributed by atoms with Gasteiger partial charge in [0.1, 0.15) is 0 Å². The molecule has 0 saturated carbocycles. The van der Waals surface area contributed by atoms with Gasteiger partial charge in [0.2, 0.25) is 0 Å². The lowest BCUT2D eigenvalue weighted by atomic mass is 9.98. The molecule has 0 aliphatic carbocycles. The Morgan fingerprint density at radius 1 is 0.611 bits per heavy atom. The first kappa shape index (κ1) is 36.4. The van der Waals surface area contributed by atoms with Crippen LogP contribution in [0, 0.1) is 0 Å². The number of hydrogen-bond acceptors (Lipinski definition) is 5. The van der Waals surface area contributed by atoms with E-state index in [2.05, 4.69) is 64.1 Å². The maximum atomic E-state index is 8.82. The summed E-state index contributed by atoms with van der Waals surface area (Å²) in [6.45, 7) is 13.3. The van der Waals surface area contributed by atoms with E-state index in [1.807, 2.05) is 12.1 Å². The van der Waals surface area contributed by atoms with E-state index < -0.39 is 0 Å². The van der Waals surface area contributed by atoms with E-state index in [0.717, 1.165) is 5.56 Å². The van der Waals surface area contributed by atoms with E-state index in [-0.39, 0.29) is 21.5 Å². The summed E-state index contributed by atoms with van der Waals surface area (Å²) < 4.78 is 21.2. The highest BCUT2D eigenvalue weighted by Gasteiger charge is 2.03. The van der Waals surface area contributed by atoms with Crippen molar-refractivity contribution in [3.63, 3.8) is 0 Å². The molecule has 0 radical (unpaired) electrons. The van der Waals surface area contributed by atoms with Crippen molar-refractivity contribution in [2.45, 2.75) is 80.4 Å². The number of ether oxygens (including phenoxy) is 4. The highest BCUT2D eigenvalue weighted by atomic mass is 16.6. The lowest BCUT2D eigenvalue weighted by molar-refractivity contribution is 0.000867. The van der Waals surface area contributed by atoms with Gasteiger partial charge in [0.05, 0.1) is 52.9 Å². The van der Waals surface area contributed by atoms with Gasteiger partial charge < -0.3 is 24.1 Å². The third-order valence-electron chi connectivity index (χ3n) is 5.95. The van der Waals surface area contributed by atoms with E-state index >= 15 is 0 Å². The monoisotopic (exact) mass is 506 g/mol. The number of hydrogen-bond donors (Lipinski definition) is 1. The van der Waals surface area contributed by atoms with Crippen LogP contribution in [-0.4, -0.2) is 51.9 Å². The van der Waals surface area contributed by atoms with Gasteiger partial charge in [-0.25, -0.2) is 0 Å². The maximum absolute atomic E-state index is 8.82. The smallest absolute Gasteiger partial charge is 0.0718 e. The third-order valence-corrected chi connectivity index (χ3v) is 5.95. The van der Waals surface area contributed by atoms with Gasteiger partial charge in [-0.1, -0.05) is 91.1 Å². The summed E-state index contributed by atoms with van der Waals surface area (Å²) in [5.74, 6) is 1.24. The Kier molecular flexibility index (Phi) is 23.9. The van der Waals surface area contributed by atoms with Crippen LogP contribution in [0.5, 0.6) is 0 Å². The lowest BCUT2D eigenvalue weighted by Gasteiger charge is -2.10. The highest BCUT2D eigenvalue weighted by Crippen LogP contribution is 2.19. The Labute approximate surface area is 222 Å². The van der Waals surface area contributed by atoms with Gasteiger partial charge in [-0.2, -0.15) is 0 Å². The van der Waals surface area contributed by atoms with Crippen molar-refractivity contribution in [1.29, 1.82) is 0 Å². The Bertz CT molecular complexity index is 715. The largest absolute Gasteiger partial charge is 0.392 e. The minimum atomic E-state index is 0. The van der Waals surface area contributed by atoms with Crippen LogP contribution in [0.3, 0.4) is 0 Å². The first-order chi connectivity index (χ1) is 16.5. The maximum Gasteiger partial charge on any atom is 0.0718 e. The fourth-order valence-corrected chi connectivity index (χ4v) is 3.14. The Morgan fingerprint density at radius 2 is 1.00 bits per heavy atom. The molecule has 2 unspecified atom stereocenters. The Balaban J connectivity index is 0. The quantitative estimate of drug-likeness (QED) is 0.241. The summed E-state index contributed by atoms with van der Waals surface area (Å²) in [6.07, 6.45) is 2.33. The van der Waals surface area contributed by atoms with Gasteiger partial charge in [-0.05, 0) is 46.9 Å². The van der Waals surface area contributed by atoms with Gasteiger partial charge >= 0.3 is 0 Å². The molecule has 2 aromatic rings. The molecule has 36 heavy (non-hydrogen) atoms. The molecule has 2 aromatic carbocycles. The van der Waals surface area contributed by atoms with Crippen molar-refractivity contribution in [1.82, 2.24) is 0 Å². The molecular formula is C31H54O5. The summed E-state index contributed by atoms with van der Waals surface area (Å²) in [5.41, 5.74) is 4.94. The average Bonchev–Trinajstić information content (AvgIpc) is 2.89. The van der Waals surface area contributed by atoms with Crippen LogP contribution in [0.1, 0.15) is 89.5 Å². The zero-order valence-electron chi connectivity index (χ0n) is 21.9. The van der Waals surface area contributed by atoms with Crippen molar-refractivity contribution in [2.24, 2.45) is 0 Å². The molecule has 0 bridgehead atoms. The fraction of sp³-hybridized carbons (Fsp3) is 0.613. The predicted octanol–water partition coefficient (Wildman–Crippen LogP) is 7.36. The second-order valence-corrected chi connectivity index (χ2v) is 8.53. The molecule has 2 atom stereocenters. The van der Waals surface area contributed by atoms with Crippen LogP contribution in [0.25, 0.3) is 0 Å². The molecule has 0 fully saturated rings. The van der Waals surface area contributed by atoms with E-state index in [4.69, 9.17) is 24.1 Å². The van der Waals surface area contributed by atoms with Crippen molar-refractivity contribution in [3.05, 3.63) is 70.8 Å². The molecule has 2 rings (SSSR count). The van der Waals surface area contributed by atoms with Crippen molar-refractivity contribution in [2.75, 3.05) is 46.8 Å². The second kappa shape index (κ2) is 23.6. The summed E-state index contributed by atoms with van der Waals surface area (Å²) in [5, 5.41) is 8.82. The number of methoxy groups -OCH3 is 1. The zero-order chi connectivity index (χ0) is 25.0. The molecule has 1 N–H and O–H groups in total. The van der Waals surface area contributed by atoms with Gasteiger partial charge in [-0.3, -0.25) is 0 Å². The highest BCUT2D eigenvalue weighted by molar-refractivity contribution is 5.25. The van der Waals surface area contributed by atoms with Crippen LogP contribution in [0.2, 0.25) is 0 Å². The molecule has 5 nitrogen and oxygen atoms in total. The molecule has 208 valence electrons. The summed E-state index contributed by atoms with van der Waals surface area (Å²) >= 11 is 0. The molecule has 0 saturated heterocycles. The molecule has 5 heteroatoms. The summed E-state index contributed by atoms with van der Waals surface area (Å²) in [7, 11) is 1.66. The van der Waals surface area contributed by atoms with Crippen LogP contribution in [0.15, 0.2) is 48.5 Å². The van der Waals surface area contributed by atoms with E-state index in [0.29, 0.717) is 58.1 Å². The number of aliphatic hydroxyl groups is 1. The average molecular weight is 507 g/mol. The van der Waals surface area contributed by atoms with Gasteiger partial charge in [-0.15, -0.1) is 0 Å². The van der Waals surface area contributed by atoms with Crippen LogP contribution < -0.4 is 0 Å². The van der Waals surface area contributed by atoms with Gasteiger partial charge in [0.25, 0.3) is 0 Å². The minimum absolute atomic E-state index is 0. The number of rotatable bonds is 16. The molecule has 0 spiro atoms. The minimum Gasteiger partial charge on any atom is -0.392 e. The Hall–Kier alpha value is -1.76. The van der Waals surface area contributed by atoms with E-state index in [1.54, 1.807) is 7.11 Å². The standard InChI is InChI=1S/C18H30O4.C11H16O.2CH4/c1-4-16(2)18-7-5-17(6-8-18)15-22-14-13-21-12-11-20-10-9-19-3;1-3-9(2)11-6-4-10(8-12)5-7-11;;/h5-8,16H,4,9-15H2,1-3H3;4-7,9,12H,3,8H2,1-2H3;2*1H4. The van der Waals surface area contributed by atoms with Gasteiger partial charge in [0, 0.05) is 7.11 Å².